The van der Waals surface area contributed by atoms with Crippen LogP contribution < -0.4 is 4.74 Å². The number of ether oxygens (including phenoxy) is 1. The molecule has 2 rings (SSSR count). The number of benzene rings is 1. The monoisotopic (exact) mass is 336 g/mol. The van der Waals surface area contributed by atoms with E-state index in [2.05, 4.69) is 9.97 Å². The van der Waals surface area contributed by atoms with E-state index in [1.807, 2.05) is 6.92 Å². The highest BCUT2D eigenvalue weighted by molar-refractivity contribution is 7.86. The van der Waals surface area contributed by atoms with Gasteiger partial charge in [0.05, 0.1) is 18.1 Å². The predicted molar refractivity (Wildman–Crippen MR) is 85.7 cm³/mol. The molecule has 0 aliphatic rings. The zero-order valence-corrected chi connectivity index (χ0v) is 13.8. The van der Waals surface area contributed by atoms with Crippen molar-refractivity contribution < 1.29 is 17.3 Å². The van der Waals surface area contributed by atoms with E-state index in [4.69, 9.17) is 8.92 Å². The number of nitrogens with zero attached hydrogens (tertiary/aromatic N) is 2. The van der Waals surface area contributed by atoms with Gasteiger partial charge in [0.2, 0.25) is 0 Å². The second-order valence-electron chi connectivity index (χ2n) is 5.03. The van der Waals surface area contributed by atoms with Gasteiger partial charge in [-0.1, -0.05) is 17.7 Å². The molecule has 2 aromatic rings. The van der Waals surface area contributed by atoms with Crippen molar-refractivity contribution in [2.24, 2.45) is 0 Å². The van der Waals surface area contributed by atoms with Crippen molar-refractivity contribution in [3.63, 3.8) is 0 Å². The molecule has 1 aromatic carbocycles. The van der Waals surface area contributed by atoms with Gasteiger partial charge in [-0.3, -0.25) is 4.18 Å². The topological polar surface area (TPSA) is 78.4 Å². The summed E-state index contributed by atoms with van der Waals surface area (Å²) in [6.45, 7) is 2.56. The average molecular weight is 336 g/mol. The lowest BCUT2D eigenvalue weighted by molar-refractivity contribution is 0.268. The van der Waals surface area contributed by atoms with Crippen molar-refractivity contribution in [3.05, 3.63) is 48.3 Å². The van der Waals surface area contributed by atoms with Crippen molar-refractivity contribution in [3.8, 4) is 6.01 Å². The second kappa shape index (κ2) is 8.59. The fraction of sp³-hybridized carbons (Fsp3) is 0.375. The van der Waals surface area contributed by atoms with Crippen LogP contribution in [0.25, 0.3) is 0 Å². The van der Waals surface area contributed by atoms with Gasteiger partial charge in [0.15, 0.2) is 0 Å². The first-order valence-electron chi connectivity index (χ1n) is 7.44. The Morgan fingerprint density at radius 2 is 1.61 bits per heavy atom. The van der Waals surface area contributed by atoms with Crippen molar-refractivity contribution in [2.45, 2.75) is 31.1 Å². The van der Waals surface area contributed by atoms with Gasteiger partial charge in [-0.15, -0.1) is 0 Å². The Balaban J connectivity index is 1.62. The maximum Gasteiger partial charge on any atom is 0.316 e. The van der Waals surface area contributed by atoms with Crippen molar-refractivity contribution in [1.29, 1.82) is 0 Å². The molecular weight excluding hydrogens is 316 g/mol. The Kier molecular flexibility index (Phi) is 6.49. The first-order chi connectivity index (χ1) is 11.1. The number of hydrogen-bond acceptors (Lipinski definition) is 6. The summed E-state index contributed by atoms with van der Waals surface area (Å²) in [6.07, 6.45) is 5.46. The Labute approximate surface area is 136 Å². The molecule has 1 aromatic heterocycles. The molecule has 6 nitrogen and oxygen atoms in total. The molecule has 0 saturated heterocycles. The lowest BCUT2D eigenvalue weighted by Crippen LogP contribution is -2.08. The Morgan fingerprint density at radius 3 is 2.30 bits per heavy atom. The number of aromatic nitrogens is 2. The van der Waals surface area contributed by atoms with E-state index >= 15 is 0 Å². The summed E-state index contributed by atoms with van der Waals surface area (Å²) in [7, 11) is -3.66. The van der Waals surface area contributed by atoms with E-state index < -0.39 is 10.1 Å². The summed E-state index contributed by atoms with van der Waals surface area (Å²) in [6, 6.07) is 8.68. The van der Waals surface area contributed by atoms with Crippen molar-refractivity contribution >= 4 is 10.1 Å². The minimum atomic E-state index is -3.66. The number of rotatable bonds is 9. The molecule has 0 unspecified atom stereocenters. The smallest absolute Gasteiger partial charge is 0.316 e. The second-order valence-corrected chi connectivity index (χ2v) is 6.64. The van der Waals surface area contributed by atoms with Crippen LogP contribution in [0.15, 0.2) is 47.6 Å². The lowest BCUT2D eigenvalue weighted by Gasteiger charge is -2.06. The normalized spacial score (nSPS) is 11.3. The third-order valence-corrected chi connectivity index (χ3v) is 4.44. The molecule has 1 heterocycles. The largest absolute Gasteiger partial charge is 0.463 e. The van der Waals surface area contributed by atoms with E-state index in [1.54, 1.807) is 42.7 Å². The van der Waals surface area contributed by atoms with Gasteiger partial charge in [-0.05, 0) is 44.4 Å². The van der Waals surface area contributed by atoms with E-state index in [-0.39, 0.29) is 11.5 Å². The van der Waals surface area contributed by atoms with Crippen LogP contribution in [0.4, 0.5) is 0 Å². The highest BCUT2D eigenvalue weighted by Gasteiger charge is 2.14. The maximum atomic E-state index is 12.0. The Hall–Kier alpha value is -1.99. The SMILES string of the molecule is Cc1ccc(S(=O)(=O)OCCCCCOc2ncccn2)cc1. The molecule has 23 heavy (non-hydrogen) atoms. The lowest BCUT2D eigenvalue weighted by atomic mass is 10.2. The summed E-state index contributed by atoms with van der Waals surface area (Å²) < 4.78 is 34.3. The summed E-state index contributed by atoms with van der Waals surface area (Å²) >= 11 is 0. The number of aryl methyl sites for hydroxylation is 1. The third-order valence-electron chi connectivity index (χ3n) is 3.11. The molecule has 0 amide bonds. The fourth-order valence-corrected chi connectivity index (χ4v) is 2.79. The molecule has 0 atom stereocenters. The van der Waals surface area contributed by atoms with Crippen LogP contribution in [0, 0.1) is 6.92 Å². The standard InChI is InChI=1S/C16H20N2O4S/c1-14-6-8-15(9-7-14)23(19,20)22-13-4-2-3-12-21-16-17-10-5-11-18-16/h5-11H,2-4,12-13H2,1H3. The fourth-order valence-electron chi connectivity index (χ4n) is 1.85. The van der Waals surface area contributed by atoms with Crippen LogP contribution >= 0.6 is 0 Å². The first kappa shape index (κ1) is 17.4. The van der Waals surface area contributed by atoms with Gasteiger partial charge >= 0.3 is 6.01 Å². The molecule has 0 radical (unpaired) electrons. The number of hydrogen-bond donors (Lipinski definition) is 0. The molecule has 124 valence electrons. The molecule has 0 aliphatic heterocycles. The molecule has 0 fully saturated rings. The summed E-state index contributed by atoms with van der Waals surface area (Å²) in [4.78, 5) is 8.08. The molecule has 0 saturated carbocycles. The Bertz CT molecular complexity index is 688. The zero-order valence-electron chi connectivity index (χ0n) is 13.0. The van der Waals surface area contributed by atoms with Crippen LogP contribution in [0.1, 0.15) is 24.8 Å². The number of unbranched alkanes of at least 4 members (excludes halogenated alkanes) is 2. The van der Waals surface area contributed by atoms with Crippen LogP contribution in [0.3, 0.4) is 0 Å². The molecule has 7 heteroatoms. The minimum Gasteiger partial charge on any atom is -0.463 e. The molecule has 0 N–H and O–H groups in total. The maximum absolute atomic E-state index is 12.0. The quantitative estimate of drug-likeness (QED) is 0.517. The first-order valence-corrected chi connectivity index (χ1v) is 8.85. The molecule has 0 spiro atoms. The van der Waals surface area contributed by atoms with Gasteiger partial charge < -0.3 is 4.74 Å². The van der Waals surface area contributed by atoms with E-state index in [0.29, 0.717) is 19.0 Å². The molecular formula is C16H20N2O4S. The van der Waals surface area contributed by atoms with Crippen molar-refractivity contribution in [1.82, 2.24) is 9.97 Å². The van der Waals surface area contributed by atoms with E-state index in [1.165, 1.54) is 0 Å². The van der Waals surface area contributed by atoms with Gasteiger partial charge in [0, 0.05) is 12.4 Å². The molecule has 0 bridgehead atoms. The zero-order chi connectivity index (χ0) is 16.5. The van der Waals surface area contributed by atoms with Crippen LogP contribution in [-0.4, -0.2) is 31.6 Å². The summed E-state index contributed by atoms with van der Waals surface area (Å²) in [5.41, 5.74) is 1.01. The van der Waals surface area contributed by atoms with Crippen LogP contribution in [0.5, 0.6) is 6.01 Å². The van der Waals surface area contributed by atoms with Crippen LogP contribution in [0.2, 0.25) is 0 Å². The van der Waals surface area contributed by atoms with Gasteiger partial charge in [0.1, 0.15) is 0 Å². The highest BCUT2D eigenvalue weighted by Crippen LogP contribution is 2.13. The van der Waals surface area contributed by atoms with Gasteiger partial charge in [-0.25, -0.2) is 9.97 Å². The summed E-state index contributed by atoms with van der Waals surface area (Å²) in [5.74, 6) is 0. The average Bonchev–Trinajstić information content (AvgIpc) is 2.55. The van der Waals surface area contributed by atoms with E-state index in [0.717, 1.165) is 18.4 Å². The molecule has 0 aliphatic carbocycles. The minimum absolute atomic E-state index is 0.165. The Morgan fingerprint density at radius 1 is 0.957 bits per heavy atom. The van der Waals surface area contributed by atoms with Crippen LogP contribution in [-0.2, 0) is 14.3 Å². The van der Waals surface area contributed by atoms with Crippen molar-refractivity contribution in [2.75, 3.05) is 13.2 Å². The van der Waals surface area contributed by atoms with E-state index in [9.17, 15) is 8.42 Å². The highest BCUT2D eigenvalue weighted by atomic mass is 32.2. The van der Waals surface area contributed by atoms with Gasteiger partial charge in [0.25, 0.3) is 10.1 Å². The third kappa shape index (κ3) is 5.96. The van der Waals surface area contributed by atoms with Gasteiger partial charge in [-0.2, -0.15) is 8.42 Å². The summed E-state index contributed by atoms with van der Waals surface area (Å²) in [5, 5.41) is 0. The predicted octanol–water partition coefficient (Wildman–Crippen LogP) is 2.74.